The van der Waals surface area contributed by atoms with Crippen LogP contribution in [-0.4, -0.2) is 0 Å². The van der Waals surface area contributed by atoms with Crippen LogP contribution in [0.15, 0.2) is 164 Å². The molecule has 6 rings (SSSR count). The van der Waals surface area contributed by atoms with E-state index in [0.29, 0.717) is 0 Å². The second-order valence-corrected chi connectivity index (χ2v) is 34.0. The number of rotatable bonds is 13. The zero-order valence-corrected chi connectivity index (χ0v) is 29.6. The molecule has 0 unspecified atom stereocenters. The summed E-state index contributed by atoms with van der Waals surface area (Å²) in [6.45, 7) is 0. The second kappa shape index (κ2) is 14.4. The van der Waals surface area contributed by atoms with Gasteiger partial charge in [0.2, 0.25) is 0 Å². The Labute approximate surface area is 262 Å². The van der Waals surface area contributed by atoms with Crippen molar-refractivity contribution in [3.05, 3.63) is 187 Å². The fourth-order valence-corrected chi connectivity index (χ4v) is 44.7. The van der Waals surface area contributed by atoms with E-state index in [0.717, 1.165) is 0 Å². The fourth-order valence-electron chi connectivity index (χ4n) is 7.36. The van der Waals surface area contributed by atoms with Gasteiger partial charge in [0.15, 0.2) is 0 Å². The molecular formula is C40H42Zr2. The molecule has 0 fully saturated rings. The molecule has 4 aromatic carbocycles. The Morgan fingerprint density at radius 1 is 0.381 bits per heavy atom. The maximum atomic E-state index is 2.55. The summed E-state index contributed by atoms with van der Waals surface area (Å²) in [6.07, 6.45) is 17.0. The summed E-state index contributed by atoms with van der Waals surface area (Å²) in [4.78, 5) is 0. The van der Waals surface area contributed by atoms with Crippen LogP contribution in [0.3, 0.4) is 0 Å². The van der Waals surface area contributed by atoms with Crippen molar-refractivity contribution in [1.82, 2.24) is 0 Å². The van der Waals surface area contributed by atoms with Crippen molar-refractivity contribution < 1.29 is 40.5 Å². The molecule has 0 aromatic heterocycles. The predicted octanol–water partition coefficient (Wildman–Crippen LogP) is 10.6. The van der Waals surface area contributed by atoms with Gasteiger partial charge in [-0.3, -0.25) is 0 Å². The van der Waals surface area contributed by atoms with Crippen LogP contribution in [0.25, 0.3) is 0 Å². The summed E-state index contributed by atoms with van der Waals surface area (Å²) in [5.41, 5.74) is 6.19. The van der Waals surface area contributed by atoms with Crippen molar-refractivity contribution >= 4 is 0 Å². The van der Waals surface area contributed by atoms with Gasteiger partial charge in [-0.2, -0.15) is 0 Å². The van der Waals surface area contributed by atoms with Crippen molar-refractivity contribution in [3.63, 3.8) is 0 Å². The summed E-state index contributed by atoms with van der Waals surface area (Å²) < 4.78 is 11.7. The first-order chi connectivity index (χ1) is 20.7. The van der Waals surface area contributed by atoms with Gasteiger partial charge in [0.05, 0.1) is 0 Å². The average Bonchev–Trinajstić information content (AvgIpc) is 3.78. The summed E-state index contributed by atoms with van der Waals surface area (Å²) in [5.74, 6) is 0. The molecule has 0 saturated carbocycles. The van der Waals surface area contributed by atoms with Gasteiger partial charge >= 0.3 is 265 Å². The zero-order chi connectivity index (χ0) is 28.5. The van der Waals surface area contributed by atoms with Crippen LogP contribution in [0, 0.1) is 0 Å². The second-order valence-electron chi connectivity index (χ2n) is 12.4. The van der Waals surface area contributed by atoms with E-state index in [1.54, 1.807) is 22.3 Å². The molecule has 210 valence electrons. The SMILES string of the molecule is C1=CC[C]([Zr]([CH2][CH2][Zr]([CH2]c2ccccc2)([CH2]c2ccccc2)[C]2=CC=CC2)([CH2]c2ccccc2)[CH2]c2ccccc2)=C1. The third-order valence-electron chi connectivity index (χ3n) is 9.53. The summed E-state index contributed by atoms with van der Waals surface area (Å²) in [6, 6.07) is 45.9. The molecule has 0 spiro atoms. The van der Waals surface area contributed by atoms with Crippen molar-refractivity contribution in [2.75, 3.05) is 0 Å². The number of hydrogen-bond acceptors (Lipinski definition) is 0. The van der Waals surface area contributed by atoms with Gasteiger partial charge in [-0.25, -0.2) is 0 Å². The van der Waals surface area contributed by atoms with E-state index in [1.807, 2.05) is 6.56 Å². The van der Waals surface area contributed by atoms with Crippen LogP contribution >= 0.6 is 0 Å². The van der Waals surface area contributed by atoms with Crippen molar-refractivity contribution in [2.24, 2.45) is 0 Å². The molecular weight excluding hydrogens is 663 g/mol. The first-order valence-corrected chi connectivity index (χ1v) is 28.5. The molecule has 0 amide bonds. The number of benzene rings is 4. The van der Waals surface area contributed by atoms with E-state index in [2.05, 4.69) is 158 Å². The van der Waals surface area contributed by atoms with Gasteiger partial charge in [-0.05, 0) is 0 Å². The molecule has 42 heavy (non-hydrogen) atoms. The average molecular weight is 705 g/mol. The van der Waals surface area contributed by atoms with E-state index in [9.17, 15) is 0 Å². The number of allylic oxidation sites excluding steroid dienone is 8. The standard InChI is InChI=1S/4C7H7.2C5H5.C2H4.2Zr/c4*1-7-5-3-2-4-6-7;2*1-2-4-5-3-1;1-2;;/h4*2-6H,1H2;2*1-3H,4H2;1-2H2;;. The molecule has 2 heteroatoms. The van der Waals surface area contributed by atoms with Gasteiger partial charge < -0.3 is 0 Å². The van der Waals surface area contributed by atoms with Crippen LogP contribution in [-0.2, 0) is 57.0 Å². The fraction of sp³-hybridized carbons (Fsp3) is 0.200. The zero-order valence-electron chi connectivity index (χ0n) is 24.7. The van der Waals surface area contributed by atoms with Gasteiger partial charge in [0, 0.05) is 0 Å². The molecule has 0 nitrogen and oxygen atoms in total. The Morgan fingerprint density at radius 2 is 0.667 bits per heavy atom. The van der Waals surface area contributed by atoms with Crippen LogP contribution in [0.4, 0.5) is 0 Å². The molecule has 0 radical (unpaired) electrons. The number of hydrogen-bond donors (Lipinski definition) is 0. The third-order valence-corrected chi connectivity index (χ3v) is 37.7. The Hall–Kier alpha value is -2.39. The predicted molar refractivity (Wildman–Crippen MR) is 174 cm³/mol. The van der Waals surface area contributed by atoms with Crippen molar-refractivity contribution in [1.29, 1.82) is 0 Å². The van der Waals surface area contributed by atoms with Crippen molar-refractivity contribution in [3.8, 4) is 0 Å². The Balaban J connectivity index is 1.43. The monoisotopic (exact) mass is 702 g/mol. The summed E-state index contributed by atoms with van der Waals surface area (Å²) in [5, 5.41) is 0. The Bertz CT molecular complexity index is 1340. The third kappa shape index (κ3) is 7.38. The van der Waals surface area contributed by atoms with E-state index < -0.39 is 40.5 Å². The molecule has 0 saturated heterocycles. The van der Waals surface area contributed by atoms with Gasteiger partial charge in [-0.1, -0.05) is 0 Å². The van der Waals surface area contributed by atoms with E-state index in [1.165, 1.54) is 37.6 Å². The first kappa shape index (κ1) is 29.7. The van der Waals surface area contributed by atoms with Crippen LogP contribution in [0.2, 0.25) is 8.26 Å². The van der Waals surface area contributed by atoms with E-state index in [-0.39, 0.29) is 0 Å². The van der Waals surface area contributed by atoms with Crippen molar-refractivity contribution in [2.45, 2.75) is 37.6 Å². The molecule has 4 aromatic rings. The van der Waals surface area contributed by atoms with Crippen LogP contribution < -0.4 is 0 Å². The van der Waals surface area contributed by atoms with Gasteiger partial charge in [-0.15, -0.1) is 0 Å². The van der Waals surface area contributed by atoms with Gasteiger partial charge in [0.1, 0.15) is 0 Å². The van der Waals surface area contributed by atoms with Gasteiger partial charge in [0.25, 0.3) is 0 Å². The minimum absolute atomic E-state index is 1.17. The molecule has 0 bridgehead atoms. The topological polar surface area (TPSA) is 0 Å². The molecule has 0 atom stereocenters. The quantitative estimate of drug-likeness (QED) is 0.130. The van der Waals surface area contributed by atoms with E-state index >= 15 is 0 Å². The Morgan fingerprint density at radius 3 is 0.905 bits per heavy atom. The van der Waals surface area contributed by atoms with Crippen LogP contribution in [0.5, 0.6) is 0 Å². The first-order valence-electron chi connectivity index (χ1n) is 15.6. The molecule has 2 aliphatic carbocycles. The summed E-state index contributed by atoms with van der Waals surface area (Å²) >= 11 is -5.95. The molecule has 0 aliphatic heterocycles. The van der Waals surface area contributed by atoms with Crippen LogP contribution in [0.1, 0.15) is 35.1 Å². The maximum absolute atomic E-state index is 2.97. The minimum atomic E-state index is -2.97. The normalized spacial score (nSPS) is 14.7. The molecule has 0 N–H and O–H groups in total. The summed E-state index contributed by atoms with van der Waals surface area (Å²) in [7, 11) is 0. The molecule has 2 aliphatic rings. The van der Waals surface area contributed by atoms with E-state index in [4.69, 9.17) is 0 Å². The molecule has 0 heterocycles. The Kier molecular flexibility index (Phi) is 10.2.